The van der Waals surface area contributed by atoms with Gasteiger partial charge in [0.25, 0.3) is 0 Å². The third-order valence-corrected chi connectivity index (χ3v) is 7.28. The SMILES string of the molecule is CC1C=C(Cl)C(n2nc(C(=O)CC3CCCCC3)c3c2-c2ccc(Cl)cc2C3)=CC1. The Balaban J connectivity index is 1.58. The molecule has 1 aromatic heterocycles. The van der Waals surface area contributed by atoms with E-state index >= 15 is 0 Å². The Morgan fingerprint density at radius 2 is 2.00 bits per heavy atom. The highest BCUT2D eigenvalue weighted by Crippen LogP contribution is 2.43. The monoisotopic (exact) mass is 440 g/mol. The van der Waals surface area contributed by atoms with Crippen LogP contribution in [0.25, 0.3) is 17.0 Å². The molecule has 1 unspecified atom stereocenters. The maximum absolute atomic E-state index is 13.4. The van der Waals surface area contributed by atoms with Crippen LogP contribution in [0.15, 0.2) is 35.4 Å². The van der Waals surface area contributed by atoms with Crippen LogP contribution in [0.3, 0.4) is 0 Å². The molecule has 1 heterocycles. The van der Waals surface area contributed by atoms with E-state index < -0.39 is 0 Å². The van der Waals surface area contributed by atoms with Crippen LogP contribution in [0.2, 0.25) is 5.02 Å². The molecule has 0 aliphatic heterocycles. The van der Waals surface area contributed by atoms with Crippen LogP contribution >= 0.6 is 23.2 Å². The van der Waals surface area contributed by atoms with Crippen molar-refractivity contribution in [2.75, 3.05) is 0 Å². The summed E-state index contributed by atoms with van der Waals surface area (Å²) in [5, 5.41) is 6.28. The van der Waals surface area contributed by atoms with Crippen molar-refractivity contribution in [3.63, 3.8) is 0 Å². The summed E-state index contributed by atoms with van der Waals surface area (Å²) >= 11 is 12.9. The number of fused-ring (bicyclic) bond motifs is 3. The predicted molar refractivity (Wildman–Crippen MR) is 123 cm³/mol. The number of benzene rings is 1. The van der Waals surface area contributed by atoms with Gasteiger partial charge >= 0.3 is 0 Å². The molecule has 1 atom stereocenters. The minimum Gasteiger partial charge on any atom is -0.292 e. The molecule has 1 saturated carbocycles. The van der Waals surface area contributed by atoms with Crippen LogP contribution in [-0.2, 0) is 6.42 Å². The Labute approximate surface area is 187 Å². The van der Waals surface area contributed by atoms with Crippen molar-refractivity contribution in [1.82, 2.24) is 9.78 Å². The van der Waals surface area contributed by atoms with Gasteiger partial charge in [-0.05, 0) is 36.0 Å². The third kappa shape index (κ3) is 3.56. The number of hydrogen-bond donors (Lipinski definition) is 0. The van der Waals surface area contributed by atoms with E-state index in [-0.39, 0.29) is 5.78 Å². The van der Waals surface area contributed by atoms with Crippen LogP contribution in [0.5, 0.6) is 0 Å². The number of ketones is 1. The van der Waals surface area contributed by atoms with Crippen LogP contribution in [-0.4, -0.2) is 15.6 Å². The summed E-state index contributed by atoms with van der Waals surface area (Å²) in [5.41, 5.74) is 5.78. The van der Waals surface area contributed by atoms with Crippen LogP contribution in [0, 0.1) is 11.8 Å². The molecule has 0 amide bonds. The first-order chi connectivity index (χ1) is 14.5. The molecular weight excluding hydrogens is 415 g/mol. The molecule has 0 saturated heterocycles. The lowest BCUT2D eigenvalue weighted by Gasteiger charge is -2.20. The van der Waals surface area contributed by atoms with Crippen molar-refractivity contribution >= 4 is 34.7 Å². The topological polar surface area (TPSA) is 34.9 Å². The number of carbonyl (C=O) groups is 1. The molecule has 0 radical (unpaired) electrons. The summed E-state index contributed by atoms with van der Waals surface area (Å²) in [7, 11) is 0. The first kappa shape index (κ1) is 20.1. The van der Waals surface area contributed by atoms with Crippen molar-refractivity contribution in [2.24, 2.45) is 11.8 Å². The highest BCUT2D eigenvalue weighted by Gasteiger charge is 2.33. The number of aromatic nitrogens is 2. The number of halogens is 2. The van der Waals surface area contributed by atoms with Gasteiger partial charge in [0.05, 0.1) is 16.4 Å². The van der Waals surface area contributed by atoms with Gasteiger partial charge in [-0.1, -0.05) is 80.4 Å². The van der Waals surface area contributed by atoms with E-state index in [1.165, 1.54) is 19.3 Å². The lowest BCUT2D eigenvalue weighted by molar-refractivity contribution is 0.0944. The van der Waals surface area contributed by atoms with Gasteiger partial charge in [-0.3, -0.25) is 4.79 Å². The van der Waals surface area contributed by atoms with Gasteiger partial charge in [0, 0.05) is 29.0 Å². The lowest BCUT2D eigenvalue weighted by Crippen LogP contribution is -2.14. The Bertz CT molecular complexity index is 1070. The second kappa shape index (κ2) is 8.01. The number of Topliss-reactive ketones (excluding diaryl/α,β-unsaturated/α-hetero) is 1. The summed E-state index contributed by atoms with van der Waals surface area (Å²) in [6.07, 6.45) is 12.5. The van der Waals surface area contributed by atoms with Crippen molar-refractivity contribution in [3.8, 4) is 11.3 Å². The Morgan fingerprint density at radius 3 is 2.77 bits per heavy atom. The normalized spacial score (nSPS) is 21.1. The number of nitrogens with zero attached hydrogens (tertiary/aromatic N) is 2. The molecule has 156 valence electrons. The van der Waals surface area contributed by atoms with Crippen LogP contribution < -0.4 is 0 Å². The number of carbonyl (C=O) groups excluding carboxylic acids is 1. The van der Waals surface area contributed by atoms with Gasteiger partial charge < -0.3 is 0 Å². The average Bonchev–Trinajstić information content (AvgIpc) is 3.25. The third-order valence-electron chi connectivity index (χ3n) is 6.72. The molecule has 0 N–H and O–H groups in total. The molecule has 3 aliphatic rings. The lowest BCUT2D eigenvalue weighted by atomic mass is 9.85. The van der Waals surface area contributed by atoms with Crippen LogP contribution in [0.4, 0.5) is 0 Å². The molecule has 3 nitrogen and oxygen atoms in total. The number of hydrogen-bond acceptors (Lipinski definition) is 2. The smallest absolute Gasteiger partial charge is 0.183 e. The van der Waals surface area contributed by atoms with Gasteiger partial charge in [0.1, 0.15) is 5.69 Å². The van der Waals surface area contributed by atoms with E-state index in [0.717, 1.165) is 52.4 Å². The molecule has 0 bridgehead atoms. The zero-order valence-electron chi connectivity index (χ0n) is 17.3. The summed E-state index contributed by atoms with van der Waals surface area (Å²) < 4.78 is 1.91. The average molecular weight is 441 g/mol. The highest BCUT2D eigenvalue weighted by molar-refractivity contribution is 6.36. The zero-order valence-corrected chi connectivity index (χ0v) is 18.8. The largest absolute Gasteiger partial charge is 0.292 e. The fourth-order valence-corrected chi connectivity index (χ4v) is 5.73. The van der Waals surface area contributed by atoms with Gasteiger partial charge in [0.2, 0.25) is 0 Å². The molecule has 30 heavy (non-hydrogen) atoms. The summed E-state index contributed by atoms with van der Waals surface area (Å²) in [6, 6.07) is 5.96. The molecule has 2 aromatic rings. The van der Waals surface area contributed by atoms with E-state index in [1.807, 2.05) is 22.9 Å². The standard InChI is InChI=1S/C25H26Cl2N2O/c1-15-7-10-22(21(27)11-15)29-25-19-9-8-18(26)13-17(19)14-20(25)24(28-29)23(30)12-16-5-3-2-4-6-16/h8-11,13,15-16H,2-7,12,14H2,1H3. The van der Waals surface area contributed by atoms with E-state index in [4.69, 9.17) is 28.3 Å². The first-order valence-corrected chi connectivity index (χ1v) is 11.8. The molecular formula is C25H26Cl2N2O. The Hall–Kier alpha value is -1.84. The molecule has 1 fully saturated rings. The van der Waals surface area contributed by atoms with E-state index in [1.54, 1.807) is 0 Å². The maximum atomic E-state index is 13.4. The fourth-order valence-electron chi connectivity index (χ4n) is 5.16. The van der Waals surface area contributed by atoms with E-state index in [2.05, 4.69) is 19.1 Å². The predicted octanol–water partition coefficient (Wildman–Crippen LogP) is 7.26. The molecule has 5 rings (SSSR count). The minimum atomic E-state index is 0.167. The van der Waals surface area contributed by atoms with E-state index in [0.29, 0.717) is 35.4 Å². The molecule has 0 spiro atoms. The summed E-state index contributed by atoms with van der Waals surface area (Å²) in [4.78, 5) is 13.4. The highest BCUT2D eigenvalue weighted by atomic mass is 35.5. The van der Waals surface area contributed by atoms with Crippen molar-refractivity contribution in [2.45, 2.75) is 58.3 Å². The van der Waals surface area contributed by atoms with Crippen LogP contribution in [0.1, 0.15) is 73.5 Å². The van der Waals surface area contributed by atoms with Gasteiger partial charge in [-0.2, -0.15) is 5.10 Å². The number of allylic oxidation sites excluding steroid dienone is 4. The fraction of sp³-hybridized carbons (Fsp3) is 0.440. The summed E-state index contributed by atoms with van der Waals surface area (Å²) in [6.45, 7) is 2.15. The summed E-state index contributed by atoms with van der Waals surface area (Å²) in [5.74, 6) is 1.06. The molecule has 3 aliphatic carbocycles. The zero-order chi connectivity index (χ0) is 20.8. The van der Waals surface area contributed by atoms with Crippen molar-refractivity contribution in [3.05, 3.63) is 57.2 Å². The molecule has 5 heteroatoms. The molecule has 1 aromatic carbocycles. The van der Waals surface area contributed by atoms with Crippen molar-refractivity contribution < 1.29 is 4.79 Å². The number of rotatable bonds is 4. The van der Waals surface area contributed by atoms with Crippen molar-refractivity contribution in [1.29, 1.82) is 0 Å². The Kier molecular flexibility index (Phi) is 5.37. The van der Waals surface area contributed by atoms with E-state index in [9.17, 15) is 4.79 Å². The Morgan fingerprint density at radius 1 is 1.20 bits per heavy atom. The second-order valence-corrected chi connectivity index (χ2v) is 9.86. The van der Waals surface area contributed by atoms with Gasteiger partial charge in [-0.25, -0.2) is 4.68 Å². The van der Waals surface area contributed by atoms with Gasteiger partial charge in [0.15, 0.2) is 5.78 Å². The minimum absolute atomic E-state index is 0.167. The second-order valence-electron chi connectivity index (χ2n) is 9.01. The maximum Gasteiger partial charge on any atom is 0.183 e. The van der Waals surface area contributed by atoms with Gasteiger partial charge in [-0.15, -0.1) is 0 Å². The quantitative estimate of drug-likeness (QED) is 0.399. The first-order valence-electron chi connectivity index (χ1n) is 11.0.